The average Bonchev–Trinajstić information content (AvgIpc) is 2.84. The number of rotatable bonds is 4. The molecular formula is C16H22N2O3S. The lowest BCUT2D eigenvalue weighted by atomic mass is 10.0. The van der Waals surface area contributed by atoms with Crippen molar-refractivity contribution in [3.63, 3.8) is 0 Å². The fourth-order valence-corrected chi connectivity index (χ4v) is 4.96. The zero-order chi connectivity index (χ0) is 15.6. The van der Waals surface area contributed by atoms with Gasteiger partial charge in [0.15, 0.2) is 9.84 Å². The van der Waals surface area contributed by atoms with Crippen LogP contribution in [0.1, 0.15) is 24.8 Å². The number of amides is 1. The van der Waals surface area contributed by atoms with E-state index in [0.717, 1.165) is 19.4 Å². The smallest absolute Gasteiger partial charge is 0.222 e. The quantitative estimate of drug-likeness (QED) is 0.902. The second kappa shape index (κ2) is 6.28. The van der Waals surface area contributed by atoms with Gasteiger partial charge in [-0.3, -0.25) is 4.79 Å². The normalized spacial score (nSPS) is 23.1. The van der Waals surface area contributed by atoms with Gasteiger partial charge in [0.25, 0.3) is 0 Å². The predicted molar refractivity (Wildman–Crippen MR) is 86.8 cm³/mol. The molecule has 1 aromatic rings. The molecular weight excluding hydrogens is 300 g/mol. The van der Waals surface area contributed by atoms with E-state index < -0.39 is 9.84 Å². The second-order valence-electron chi connectivity index (χ2n) is 6.14. The van der Waals surface area contributed by atoms with Gasteiger partial charge in [-0.1, -0.05) is 18.2 Å². The molecule has 1 amide bonds. The summed E-state index contributed by atoms with van der Waals surface area (Å²) in [5.41, 5.74) is 2.57. The van der Waals surface area contributed by atoms with E-state index in [1.807, 2.05) is 6.07 Å². The van der Waals surface area contributed by atoms with Crippen molar-refractivity contribution in [2.45, 2.75) is 31.7 Å². The number of hydrogen-bond acceptors (Lipinski definition) is 4. The number of para-hydroxylation sites is 1. The molecule has 1 aromatic carbocycles. The Morgan fingerprint density at radius 2 is 2.14 bits per heavy atom. The standard InChI is InChI=1S/C16H22N2O3S/c19-16(17-14-8-11-22(20,21)12-14)7-10-18-9-3-5-13-4-1-2-6-15(13)18/h1-2,4,6,14H,3,5,7-12H2,(H,17,19). The van der Waals surface area contributed by atoms with E-state index in [4.69, 9.17) is 0 Å². The number of carbonyl (C=O) groups excluding carboxylic acids is 1. The molecule has 1 unspecified atom stereocenters. The summed E-state index contributed by atoms with van der Waals surface area (Å²) in [5.74, 6) is 0.230. The van der Waals surface area contributed by atoms with Gasteiger partial charge in [0.2, 0.25) is 5.91 Å². The molecule has 1 fully saturated rings. The van der Waals surface area contributed by atoms with Gasteiger partial charge in [0, 0.05) is 31.2 Å². The van der Waals surface area contributed by atoms with Crippen LogP contribution in [0.3, 0.4) is 0 Å². The van der Waals surface area contributed by atoms with Gasteiger partial charge in [0.05, 0.1) is 11.5 Å². The summed E-state index contributed by atoms with van der Waals surface area (Å²) in [5, 5.41) is 2.85. The third-order valence-corrected chi connectivity index (χ3v) is 6.18. The fraction of sp³-hybridized carbons (Fsp3) is 0.562. The van der Waals surface area contributed by atoms with Crippen LogP contribution in [0.25, 0.3) is 0 Å². The first-order chi connectivity index (χ1) is 10.5. The largest absolute Gasteiger partial charge is 0.371 e. The van der Waals surface area contributed by atoms with E-state index in [0.29, 0.717) is 19.4 Å². The van der Waals surface area contributed by atoms with Crippen molar-refractivity contribution in [2.24, 2.45) is 0 Å². The minimum atomic E-state index is -2.94. The van der Waals surface area contributed by atoms with Crippen LogP contribution in [0, 0.1) is 0 Å². The number of benzene rings is 1. The average molecular weight is 322 g/mol. The Morgan fingerprint density at radius 1 is 1.32 bits per heavy atom. The SMILES string of the molecule is O=C(CCN1CCCc2ccccc21)NC1CCS(=O)(=O)C1. The Morgan fingerprint density at radius 3 is 2.91 bits per heavy atom. The highest BCUT2D eigenvalue weighted by molar-refractivity contribution is 7.91. The maximum atomic E-state index is 12.0. The molecule has 22 heavy (non-hydrogen) atoms. The van der Waals surface area contributed by atoms with Crippen molar-refractivity contribution < 1.29 is 13.2 Å². The number of fused-ring (bicyclic) bond motifs is 1. The molecule has 2 heterocycles. The first-order valence-electron chi connectivity index (χ1n) is 7.86. The number of sulfone groups is 1. The highest BCUT2D eigenvalue weighted by atomic mass is 32.2. The van der Waals surface area contributed by atoms with E-state index in [9.17, 15) is 13.2 Å². The predicted octanol–water partition coefficient (Wildman–Crippen LogP) is 1.13. The lowest BCUT2D eigenvalue weighted by Crippen LogP contribution is -2.38. The Bertz CT molecular complexity index is 657. The zero-order valence-electron chi connectivity index (χ0n) is 12.6. The molecule has 120 valence electrons. The summed E-state index contributed by atoms with van der Waals surface area (Å²) in [4.78, 5) is 14.3. The Labute approximate surface area is 131 Å². The number of aryl methyl sites for hydroxylation is 1. The van der Waals surface area contributed by atoms with Crippen LogP contribution in [0.15, 0.2) is 24.3 Å². The first kappa shape index (κ1) is 15.3. The van der Waals surface area contributed by atoms with Crippen LogP contribution >= 0.6 is 0 Å². The van der Waals surface area contributed by atoms with Crippen LogP contribution in [0.4, 0.5) is 5.69 Å². The van der Waals surface area contributed by atoms with E-state index in [-0.39, 0.29) is 23.5 Å². The zero-order valence-corrected chi connectivity index (χ0v) is 13.4. The molecule has 3 rings (SSSR count). The summed E-state index contributed by atoms with van der Waals surface area (Å²) < 4.78 is 22.8. The fourth-order valence-electron chi connectivity index (χ4n) is 3.29. The Hall–Kier alpha value is -1.56. The molecule has 0 aliphatic carbocycles. The molecule has 1 saturated heterocycles. The summed E-state index contributed by atoms with van der Waals surface area (Å²) in [6.45, 7) is 1.66. The van der Waals surface area contributed by atoms with Gasteiger partial charge >= 0.3 is 0 Å². The van der Waals surface area contributed by atoms with Crippen LogP contribution in [-0.2, 0) is 21.1 Å². The summed E-state index contributed by atoms with van der Waals surface area (Å²) in [6, 6.07) is 8.13. The maximum Gasteiger partial charge on any atom is 0.222 e. The minimum absolute atomic E-state index is 0.0508. The molecule has 1 atom stereocenters. The topological polar surface area (TPSA) is 66.5 Å². The molecule has 0 aromatic heterocycles. The lowest BCUT2D eigenvalue weighted by molar-refractivity contribution is -0.121. The van der Waals surface area contributed by atoms with Crippen molar-refractivity contribution in [2.75, 3.05) is 29.5 Å². The molecule has 0 bridgehead atoms. The molecule has 2 aliphatic heterocycles. The van der Waals surface area contributed by atoms with E-state index in [2.05, 4.69) is 28.4 Å². The molecule has 0 spiro atoms. The van der Waals surface area contributed by atoms with Crippen LogP contribution in [0.5, 0.6) is 0 Å². The van der Waals surface area contributed by atoms with Gasteiger partial charge in [0.1, 0.15) is 0 Å². The van der Waals surface area contributed by atoms with Crippen LogP contribution in [-0.4, -0.2) is 45.0 Å². The van der Waals surface area contributed by atoms with Crippen molar-refractivity contribution >= 4 is 21.4 Å². The van der Waals surface area contributed by atoms with Gasteiger partial charge in [-0.05, 0) is 30.9 Å². The van der Waals surface area contributed by atoms with Gasteiger partial charge in [-0.25, -0.2) is 8.42 Å². The lowest BCUT2D eigenvalue weighted by Gasteiger charge is -2.31. The van der Waals surface area contributed by atoms with Crippen LogP contribution < -0.4 is 10.2 Å². The Balaban J connectivity index is 1.52. The third kappa shape index (κ3) is 3.61. The Kier molecular flexibility index (Phi) is 4.38. The summed E-state index contributed by atoms with van der Waals surface area (Å²) >= 11 is 0. The molecule has 0 radical (unpaired) electrons. The molecule has 5 nitrogen and oxygen atoms in total. The van der Waals surface area contributed by atoms with Crippen molar-refractivity contribution in [3.8, 4) is 0 Å². The molecule has 2 aliphatic rings. The van der Waals surface area contributed by atoms with E-state index >= 15 is 0 Å². The molecule has 6 heteroatoms. The molecule has 1 N–H and O–H groups in total. The minimum Gasteiger partial charge on any atom is -0.371 e. The number of hydrogen-bond donors (Lipinski definition) is 1. The molecule has 0 saturated carbocycles. The number of carbonyl (C=O) groups is 1. The highest BCUT2D eigenvalue weighted by Gasteiger charge is 2.29. The van der Waals surface area contributed by atoms with Gasteiger partial charge in [-0.2, -0.15) is 0 Å². The summed E-state index contributed by atoms with van der Waals surface area (Å²) in [6.07, 6.45) is 3.16. The van der Waals surface area contributed by atoms with Crippen LogP contribution in [0.2, 0.25) is 0 Å². The summed E-state index contributed by atoms with van der Waals surface area (Å²) in [7, 11) is -2.94. The third-order valence-electron chi connectivity index (χ3n) is 4.41. The van der Waals surface area contributed by atoms with Gasteiger partial charge in [-0.15, -0.1) is 0 Å². The second-order valence-corrected chi connectivity index (χ2v) is 8.37. The van der Waals surface area contributed by atoms with Crippen molar-refractivity contribution in [1.29, 1.82) is 0 Å². The highest BCUT2D eigenvalue weighted by Crippen LogP contribution is 2.26. The van der Waals surface area contributed by atoms with Crippen molar-refractivity contribution in [1.82, 2.24) is 5.32 Å². The van der Waals surface area contributed by atoms with E-state index in [1.165, 1.54) is 11.3 Å². The first-order valence-corrected chi connectivity index (χ1v) is 9.68. The van der Waals surface area contributed by atoms with E-state index in [1.54, 1.807) is 0 Å². The number of anilines is 1. The van der Waals surface area contributed by atoms with Gasteiger partial charge < -0.3 is 10.2 Å². The number of nitrogens with one attached hydrogen (secondary N) is 1. The van der Waals surface area contributed by atoms with Crippen molar-refractivity contribution in [3.05, 3.63) is 29.8 Å². The monoisotopic (exact) mass is 322 g/mol. The number of nitrogens with zero attached hydrogens (tertiary/aromatic N) is 1. The maximum absolute atomic E-state index is 12.0.